The van der Waals surface area contributed by atoms with E-state index >= 15 is 0 Å². The van der Waals surface area contributed by atoms with Gasteiger partial charge in [-0.3, -0.25) is 14.4 Å². The summed E-state index contributed by atoms with van der Waals surface area (Å²) in [7, 11) is 0. The number of amides is 1. The number of carbonyl (C=O) groups is 3. The lowest BCUT2D eigenvalue weighted by molar-refractivity contribution is -0.147. The second kappa shape index (κ2) is 9.84. The number of nitrogens with zero attached hydrogens (tertiary/aromatic N) is 2. The molecule has 0 spiro atoms. The summed E-state index contributed by atoms with van der Waals surface area (Å²) in [5.74, 6) is -0.849. The molecule has 0 bridgehead atoms. The summed E-state index contributed by atoms with van der Waals surface area (Å²) in [5.41, 5.74) is 1.99. The van der Waals surface area contributed by atoms with Gasteiger partial charge in [0.1, 0.15) is 5.82 Å². The molecule has 154 valence electrons. The Morgan fingerprint density at radius 3 is 2.43 bits per heavy atom. The van der Waals surface area contributed by atoms with Crippen LogP contribution in [0.1, 0.15) is 28.9 Å². The van der Waals surface area contributed by atoms with Gasteiger partial charge in [-0.1, -0.05) is 29.8 Å². The fraction of sp³-hybridized carbons (Fsp3) is 0.182. The summed E-state index contributed by atoms with van der Waals surface area (Å²) >= 11 is 5.79. The minimum Gasteiger partial charge on any atom is -0.456 e. The summed E-state index contributed by atoms with van der Waals surface area (Å²) in [6.07, 6.45) is -0.127. The number of carbonyl (C=O) groups excluding carboxylic acids is 3. The van der Waals surface area contributed by atoms with Crippen LogP contribution < -0.4 is 5.32 Å². The number of hydrogen-bond acceptors (Lipinski definition) is 5. The number of halogens is 1. The zero-order valence-electron chi connectivity index (χ0n) is 16.3. The zero-order valence-corrected chi connectivity index (χ0v) is 17.1. The Morgan fingerprint density at radius 1 is 1.03 bits per heavy atom. The van der Waals surface area contributed by atoms with Crippen molar-refractivity contribution < 1.29 is 19.1 Å². The van der Waals surface area contributed by atoms with E-state index in [1.165, 1.54) is 0 Å². The number of benzene rings is 2. The summed E-state index contributed by atoms with van der Waals surface area (Å²) in [5, 5.41) is 7.58. The van der Waals surface area contributed by atoms with Gasteiger partial charge in [-0.15, -0.1) is 0 Å². The van der Waals surface area contributed by atoms with Gasteiger partial charge in [-0.2, -0.15) is 5.10 Å². The number of aryl methyl sites for hydroxylation is 1. The number of rotatable bonds is 8. The van der Waals surface area contributed by atoms with E-state index in [1.807, 2.05) is 37.3 Å². The molecule has 0 radical (unpaired) electrons. The number of nitrogens with one attached hydrogen (secondary N) is 1. The number of ether oxygens (including phenoxy) is 1. The Labute approximate surface area is 178 Å². The topological polar surface area (TPSA) is 90.3 Å². The SMILES string of the molecule is Cc1cc(NC(=O)COC(=O)CCC(=O)c2ccc(Cl)cc2)n(-c2ccccc2)n1. The van der Waals surface area contributed by atoms with Gasteiger partial charge in [0.15, 0.2) is 12.4 Å². The highest BCUT2D eigenvalue weighted by Crippen LogP contribution is 2.17. The van der Waals surface area contributed by atoms with Gasteiger partial charge in [-0.05, 0) is 43.3 Å². The average Bonchev–Trinajstić information content (AvgIpc) is 3.11. The van der Waals surface area contributed by atoms with E-state index < -0.39 is 18.5 Å². The van der Waals surface area contributed by atoms with E-state index in [0.29, 0.717) is 16.4 Å². The van der Waals surface area contributed by atoms with Gasteiger partial charge in [0, 0.05) is 23.1 Å². The van der Waals surface area contributed by atoms with E-state index in [9.17, 15) is 14.4 Å². The number of ketones is 1. The Hall–Kier alpha value is -3.45. The quantitative estimate of drug-likeness (QED) is 0.435. The van der Waals surface area contributed by atoms with Crippen molar-refractivity contribution in [2.45, 2.75) is 19.8 Å². The molecule has 1 heterocycles. The Bertz CT molecular complexity index is 1050. The molecule has 3 aromatic rings. The van der Waals surface area contributed by atoms with Crippen LogP contribution in [-0.4, -0.2) is 34.0 Å². The predicted octanol–water partition coefficient (Wildman–Crippen LogP) is 3.98. The molecule has 0 aliphatic heterocycles. The second-order valence-electron chi connectivity index (χ2n) is 6.56. The van der Waals surface area contributed by atoms with E-state index in [4.69, 9.17) is 16.3 Å². The van der Waals surface area contributed by atoms with Crippen LogP contribution in [0.5, 0.6) is 0 Å². The zero-order chi connectivity index (χ0) is 21.5. The lowest BCUT2D eigenvalue weighted by atomic mass is 10.1. The van der Waals surface area contributed by atoms with Crippen molar-refractivity contribution in [3.8, 4) is 5.69 Å². The van der Waals surface area contributed by atoms with Crippen molar-refractivity contribution in [2.24, 2.45) is 0 Å². The maximum atomic E-state index is 12.2. The number of esters is 1. The van der Waals surface area contributed by atoms with Gasteiger partial charge in [0.25, 0.3) is 5.91 Å². The maximum absolute atomic E-state index is 12.2. The molecule has 0 atom stereocenters. The highest BCUT2D eigenvalue weighted by molar-refractivity contribution is 6.30. The third-order valence-corrected chi connectivity index (χ3v) is 4.44. The first kappa shape index (κ1) is 21.3. The molecule has 7 nitrogen and oxygen atoms in total. The Kier molecular flexibility index (Phi) is 6.98. The second-order valence-corrected chi connectivity index (χ2v) is 6.99. The van der Waals surface area contributed by atoms with Gasteiger partial charge in [0.2, 0.25) is 0 Å². The van der Waals surface area contributed by atoms with Gasteiger partial charge in [-0.25, -0.2) is 4.68 Å². The number of hydrogen-bond donors (Lipinski definition) is 1. The summed E-state index contributed by atoms with van der Waals surface area (Å²) in [6.45, 7) is 1.36. The Morgan fingerprint density at radius 2 is 1.73 bits per heavy atom. The number of aromatic nitrogens is 2. The van der Waals surface area contributed by atoms with E-state index in [2.05, 4.69) is 10.4 Å². The average molecular weight is 426 g/mol. The van der Waals surface area contributed by atoms with Gasteiger partial charge >= 0.3 is 5.97 Å². The van der Waals surface area contributed by atoms with Gasteiger partial charge in [0.05, 0.1) is 17.8 Å². The first-order valence-electron chi connectivity index (χ1n) is 9.29. The van der Waals surface area contributed by atoms with Crippen LogP contribution in [0.25, 0.3) is 5.69 Å². The summed E-state index contributed by atoms with van der Waals surface area (Å²) < 4.78 is 6.58. The molecule has 2 aromatic carbocycles. The molecule has 0 aliphatic carbocycles. The van der Waals surface area contributed by atoms with Crippen LogP contribution in [0.4, 0.5) is 5.82 Å². The minimum absolute atomic E-state index is 0.0118. The van der Waals surface area contributed by atoms with Crippen LogP contribution in [0.15, 0.2) is 60.7 Å². The summed E-state index contributed by atoms with van der Waals surface area (Å²) in [4.78, 5) is 36.2. The molecule has 30 heavy (non-hydrogen) atoms. The van der Waals surface area contributed by atoms with E-state index in [0.717, 1.165) is 11.4 Å². The first-order chi connectivity index (χ1) is 14.4. The van der Waals surface area contributed by atoms with Gasteiger partial charge < -0.3 is 10.1 Å². The molecular formula is C22H20ClN3O4. The fourth-order valence-electron chi connectivity index (χ4n) is 2.75. The van der Waals surface area contributed by atoms with Crippen molar-refractivity contribution >= 4 is 35.1 Å². The number of para-hydroxylation sites is 1. The van der Waals surface area contributed by atoms with E-state index in [-0.39, 0.29) is 18.6 Å². The molecule has 0 saturated heterocycles. The molecule has 0 fully saturated rings. The normalized spacial score (nSPS) is 10.5. The predicted molar refractivity (Wildman–Crippen MR) is 113 cm³/mol. The molecule has 1 aromatic heterocycles. The lowest BCUT2D eigenvalue weighted by Crippen LogP contribution is -2.22. The van der Waals surface area contributed by atoms with Crippen LogP contribution in [-0.2, 0) is 14.3 Å². The number of anilines is 1. The lowest BCUT2D eigenvalue weighted by Gasteiger charge is -2.09. The highest BCUT2D eigenvalue weighted by Gasteiger charge is 2.14. The highest BCUT2D eigenvalue weighted by atomic mass is 35.5. The molecule has 0 unspecified atom stereocenters. The minimum atomic E-state index is -0.625. The van der Waals surface area contributed by atoms with Crippen molar-refractivity contribution in [2.75, 3.05) is 11.9 Å². The van der Waals surface area contributed by atoms with Crippen LogP contribution in [0.3, 0.4) is 0 Å². The van der Waals surface area contributed by atoms with Crippen LogP contribution in [0, 0.1) is 6.92 Å². The molecule has 0 aliphatic rings. The molecule has 0 saturated carbocycles. The van der Waals surface area contributed by atoms with Crippen molar-refractivity contribution in [3.63, 3.8) is 0 Å². The van der Waals surface area contributed by atoms with Crippen LogP contribution >= 0.6 is 11.6 Å². The van der Waals surface area contributed by atoms with Crippen molar-refractivity contribution in [1.82, 2.24) is 9.78 Å². The molecule has 1 N–H and O–H groups in total. The third-order valence-electron chi connectivity index (χ3n) is 4.19. The molecule has 1 amide bonds. The smallest absolute Gasteiger partial charge is 0.306 e. The standard InChI is InChI=1S/C22H20ClN3O4/c1-15-13-20(26(25-15)18-5-3-2-4-6-18)24-21(28)14-30-22(29)12-11-19(27)16-7-9-17(23)10-8-16/h2-10,13H,11-12,14H2,1H3,(H,24,28). The summed E-state index contributed by atoms with van der Waals surface area (Å²) in [6, 6.07) is 17.5. The van der Waals surface area contributed by atoms with Crippen molar-refractivity contribution in [3.05, 3.63) is 76.9 Å². The maximum Gasteiger partial charge on any atom is 0.306 e. The molecular weight excluding hydrogens is 406 g/mol. The van der Waals surface area contributed by atoms with E-state index in [1.54, 1.807) is 35.0 Å². The Balaban J connectivity index is 1.48. The van der Waals surface area contributed by atoms with Crippen LogP contribution in [0.2, 0.25) is 5.02 Å². The fourth-order valence-corrected chi connectivity index (χ4v) is 2.87. The third kappa shape index (κ3) is 5.78. The number of Topliss-reactive ketones (excluding diaryl/α,β-unsaturated/α-hetero) is 1. The van der Waals surface area contributed by atoms with Crippen molar-refractivity contribution in [1.29, 1.82) is 0 Å². The first-order valence-corrected chi connectivity index (χ1v) is 9.66. The largest absolute Gasteiger partial charge is 0.456 e. The molecule has 8 heteroatoms. The molecule has 3 rings (SSSR count). The monoisotopic (exact) mass is 425 g/mol.